The Kier molecular flexibility index (Phi) is 4.22. The van der Waals surface area contributed by atoms with Gasteiger partial charge in [0.2, 0.25) is 0 Å². The van der Waals surface area contributed by atoms with Gasteiger partial charge in [0.15, 0.2) is 5.78 Å². The van der Waals surface area contributed by atoms with Crippen LogP contribution in [-0.4, -0.2) is 5.78 Å². The van der Waals surface area contributed by atoms with Crippen LogP contribution in [0.25, 0.3) is 0 Å². The van der Waals surface area contributed by atoms with Gasteiger partial charge in [0.1, 0.15) is 5.82 Å². The maximum absolute atomic E-state index is 13.4. The largest absolute Gasteiger partial charge is 0.398 e. The molecule has 19 heavy (non-hydrogen) atoms. The number of benzene rings is 2. The van der Waals surface area contributed by atoms with Crippen molar-refractivity contribution in [3.05, 3.63) is 62.8 Å². The normalized spacial score (nSPS) is 10.5. The predicted octanol–water partition coefficient (Wildman–Crippen LogP) is 4.25. The number of rotatable bonds is 3. The van der Waals surface area contributed by atoms with Crippen molar-refractivity contribution in [1.29, 1.82) is 0 Å². The highest BCUT2D eigenvalue weighted by molar-refractivity contribution is 9.10. The molecule has 0 aromatic heterocycles. The molecule has 0 bridgehead atoms. The van der Waals surface area contributed by atoms with Crippen LogP contribution in [0.2, 0.25) is 5.02 Å². The topological polar surface area (TPSA) is 43.1 Å². The number of carbonyl (C=O) groups excluding carboxylic acids is 1. The summed E-state index contributed by atoms with van der Waals surface area (Å²) in [5.41, 5.74) is 7.06. The van der Waals surface area contributed by atoms with Gasteiger partial charge >= 0.3 is 0 Å². The number of Topliss-reactive ketones (excluding diaryl/α,β-unsaturated/α-hetero) is 1. The monoisotopic (exact) mass is 341 g/mol. The van der Waals surface area contributed by atoms with Crippen LogP contribution in [0.3, 0.4) is 0 Å². The van der Waals surface area contributed by atoms with E-state index in [0.29, 0.717) is 26.3 Å². The van der Waals surface area contributed by atoms with Crippen LogP contribution in [0.1, 0.15) is 15.9 Å². The zero-order chi connectivity index (χ0) is 14.0. The van der Waals surface area contributed by atoms with Crippen molar-refractivity contribution >= 4 is 39.0 Å². The van der Waals surface area contributed by atoms with Gasteiger partial charge in [0, 0.05) is 12.0 Å². The lowest BCUT2D eigenvalue weighted by Gasteiger charge is -2.06. The minimum Gasteiger partial charge on any atom is -0.398 e. The van der Waals surface area contributed by atoms with Gasteiger partial charge in [-0.1, -0.05) is 23.7 Å². The van der Waals surface area contributed by atoms with Crippen molar-refractivity contribution < 1.29 is 9.18 Å². The summed E-state index contributed by atoms with van der Waals surface area (Å²) >= 11 is 9.00. The van der Waals surface area contributed by atoms with Crippen LogP contribution in [-0.2, 0) is 6.42 Å². The Morgan fingerprint density at radius 1 is 1.32 bits per heavy atom. The van der Waals surface area contributed by atoms with Gasteiger partial charge in [-0.05, 0) is 45.8 Å². The lowest BCUT2D eigenvalue weighted by Crippen LogP contribution is -2.05. The Morgan fingerprint density at radius 2 is 2.05 bits per heavy atom. The highest BCUT2D eigenvalue weighted by Gasteiger charge is 2.12. The van der Waals surface area contributed by atoms with Crippen molar-refractivity contribution in [1.82, 2.24) is 0 Å². The van der Waals surface area contributed by atoms with Gasteiger partial charge in [-0.15, -0.1) is 0 Å². The van der Waals surface area contributed by atoms with Gasteiger partial charge in [-0.25, -0.2) is 4.39 Å². The number of halogens is 3. The molecule has 0 atom stereocenters. The number of nitrogens with two attached hydrogens (primary N) is 1. The summed E-state index contributed by atoms with van der Waals surface area (Å²) in [6.45, 7) is 0. The quantitative estimate of drug-likeness (QED) is 0.669. The van der Waals surface area contributed by atoms with Crippen LogP contribution < -0.4 is 5.73 Å². The predicted molar refractivity (Wildman–Crippen MR) is 78.0 cm³/mol. The summed E-state index contributed by atoms with van der Waals surface area (Å²) in [6, 6.07) is 9.31. The third kappa shape index (κ3) is 3.14. The number of nitrogen functional groups attached to an aromatic ring is 1. The van der Waals surface area contributed by atoms with E-state index >= 15 is 0 Å². The molecule has 2 rings (SSSR count). The number of hydrogen-bond acceptors (Lipinski definition) is 2. The second kappa shape index (κ2) is 5.72. The molecule has 98 valence electrons. The smallest absolute Gasteiger partial charge is 0.167 e. The maximum Gasteiger partial charge on any atom is 0.167 e. The molecule has 0 radical (unpaired) electrons. The average molecular weight is 343 g/mol. The maximum atomic E-state index is 13.4. The standard InChI is InChI=1S/C14H10BrClFNO/c15-14-9(2-1-3-11(14)17)7-13(19)8-4-5-12(18)10(16)6-8/h1-6H,7,18H2. The summed E-state index contributed by atoms with van der Waals surface area (Å²) in [7, 11) is 0. The molecule has 5 heteroatoms. The van der Waals surface area contributed by atoms with E-state index in [1.807, 2.05) is 0 Å². The first kappa shape index (κ1) is 14.0. The van der Waals surface area contributed by atoms with Crippen LogP contribution in [0.4, 0.5) is 10.1 Å². The van der Waals surface area contributed by atoms with Gasteiger partial charge in [0.25, 0.3) is 0 Å². The Hall–Kier alpha value is -1.39. The van der Waals surface area contributed by atoms with Crippen molar-refractivity contribution in [2.24, 2.45) is 0 Å². The Labute approximate surface area is 123 Å². The Morgan fingerprint density at radius 3 is 2.74 bits per heavy atom. The van der Waals surface area contributed by atoms with E-state index in [9.17, 15) is 9.18 Å². The summed E-state index contributed by atoms with van der Waals surface area (Å²) in [4.78, 5) is 12.1. The fourth-order valence-electron chi connectivity index (χ4n) is 1.66. The molecule has 0 amide bonds. The van der Waals surface area contributed by atoms with E-state index < -0.39 is 0 Å². The second-order valence-electron chi connectivity index (χ2n) is 4.05. The van der Waals surface area contributed by atoms with E-state index in [1.54, 1.807) is 24.3 Å². The molecule has 0 unspecified atom stereocenters. The minimum absolute atomic E-state index is 0.0958. The summed E-state index contributed by atoms with van der Waals surface area (Å²) < 4.78 is 13.7. The molecule has 0 saturated carbocycles. The molecule has 0 spiro atoms. The molecular formula is C14H10BrClFNO. The molecule has 0 aliphatic rings. The first-order valence-electron chi connectivity index (χ1n) is 5.50. The zero-order valence-corrected chi connectivity index (χ0v) is 12.1. The highest BCUT2D eigenvalue weighted by atomic mass is 79.9. The van der Waals surface area contributed by atoms with Crippen molar-refractivity contribution in [2.45, 2.75) is 6.42 Å². The molecule has 2 nitrogen and oxygen atoms in total. The van der Waals surface area contributed by atoms with Crippen LogP contribution in [0.15, 0.2) is 40.9 Å². The van der Waals surface area contributed by atoms with Crippen LogP contribution >= 0.6 is 27.5 Å². The van der Waals surface area contributed by atoms with E-state index in [0.717, 1.165) is 0 Å². The minimum atomic E-state index is -0.388. The highest BCUT2D eigenvalue weighted by Crippen LogP contribution is 2.24. The van der Waals surface area contributed by atoms with Gasteiger partial charge in [-0.3, -0.25) is 4.79 Å². The molecule has 2 aromatic rings. The fourth-order valence-corrected chi connectivity index (χ4v) is 2.25. The van der Waals surface area contributed by atoms with E-state index in [-0.39, 0.29) is 18.0 Å². The van der Waals surface area contributed by atoms with E-state index in [2.05, 4.69) is 15.9 Å². The second-order valence-corrected chi connectivity index (χ2v) is 5.25. The summed E-state index contributed by atoms with van der Waals surface area (Å²) in [5.74, 6) is -0.533. The molecule has 0 aliphatic carbocycles. The Balaban J connectivity index is 2.26. The number of anilines is 1. The van der Waals surface area contributed by atoms with Crippen LogP contribution in [0.5, 0.6) is 0 Å². The Bertz CT molecular complexity index is 645. The zero-order valence-electron chi connectivity index (χ0n) is 9.79. The molecular weight excluding hydrogens is 333 g/mol. The summed E-state index contributed by atoms with van der Waals surface area (Å²) in [6.07, 6.45) is 0.0958. The first-order chi connectivity index (χ1) is 8.99. The lowest BCUT2D eigenvalue weighted by molar-refractivity contribution is 0.0993. The summed E-state index contributed by atoms with van der Waals surface area (Å²) in [5, 5.41) is 0.337. The molecule has 2 N–H and O–H groups in total. The van der Waals surface area contributed by atoms with Crippen molar-refractivity contribution in [3.8, 4) is 0 Å². The van der Waals surface area contributed by atoms with Gasteiger partial charge < -0.3 is 5.73 Å². The van der Waals surface area contributed by atoms with Gasteiger partial charge in [0.05, 0.1) is 15.2 Å². The molecule has 0 saturated heterocycles. The molecule has 0 heterocycles. The third-order valence-corrected chi connectivity index (χ3v) is 3.92. The number of carbonyl (C=O) groups is 1. The third-order valence-electron chi connectivity index (χ3n) is 2.71. The molecule has 0 aliphatic heterocycles. The first-order valence-corrected chi connectivity index (χ1v) is 6.67. The SMILES string of the molecule is Nc1ccc(C(=O)Cc2cccc(F)c2Br)cc1Cl. The van der Waals surface area contributed by atoms with Gasteiger partial charge in [-0.2, -0.15) is 0 Å². The molecule has 2 aromatic carbocycles. The van der Waals surface area contributed by atoms with E-state index in [1.165, 1.54) is 12.1 Å². The van der Waals surface area contributed by atoms with E-state index in [4.69, 9.17) is 17.3 Å². The lowest BCUT2D eigenvalue weighted by atomic mass is 10.0. The number of hydrogen-bond donors (Lipinski definition) is 1. The van der Waals surface area contributed by atoms with Crippen LogP contribution in [0, 0.1) is 5.82 Å². The van der Waals surface area contributed by atoms with Crippen molar-refractivity contribution in [2.75, 3.05) is 5.73 Å². The average Bonchev–Trinajstić information content (AvgIpc) is 2.38. The molecule has 0 fully saturated rings. The van der Waals surface area contributed by atoms with Crippen molar-refractivity contribution in [3.63, 3.8) is 0 Å². The number of ketones is 1. The fraction of sp³-hybridized carbons (Fsp3) is 0.0714.